The van der Waals surface area contributed by atoms with E-state index in [9.17, 15) is 4.79 Å². The van der Waals surface area contributed by atoms with Gasteiger partial charge in [-0.25, -0.2) is 0 Å². The quantitative estimate of drug-likeness (QED) is 0.825. The van der Waals surface area contributed by atoms with Crippen LogP contribution >= 0.6 is 0 Å². The minimum Gasteiger partial charge on any atom is -0.354 e. The van der Waals surface area contributed by atoms with Crippen molar-refractivity contribution in [2.24, 2.45) is 11.7 Å². The number of hydrogen-bond acceptors (Lipinski definition) is 2. The second-order valence-corrected chi connectivity index (χ2v) is 5.91. The topological polar surface area (TPSA) is 55.1 Å². The highest BCUT2D eigenvalue weighted by atomic mass is 16.2. The van der Waals surface area contributed by atoms with Gasteiger partial charge < -0.3 is 11.1 Å². The summed E-state index contributed by atoms with van der Waals surface area (Å²) >= 11 is 0. The van der Waals surface area contributed by atoms with Crippen LogP contribution in [-0.2, 0) is 4.79 Å². The van der Waals surface area contributed by atoms with Gasteiger partial charge in [-0.15, -0.1) is 0 Å². The molecule has 1 aromatic carbocycles. The van der Waals surface area contributed by atoms with Crippen molar-refractivity contribution >= 4 is 5.91 Å². The van der Waals surface area contributed by atoms with Gasteiger partial charge in [-0.2, -0.15) is 0 Å². The van der Waals surface area contributed by atoms with Gasteiger partial charge in [-0.3, -0.25) is 4.79 Å². The van der Waals surface area contributed by atoms with Crippen molar-refractivity contribution in [1.29, 1.82) is 0 Å². The predicted molar refractivity (Wildman–Crippen MR) is 77.8 cm³/mol. The van der Waals surface area contributed by atoms with Crippen LogP contribution < -0.4 is 11.1 Å². The van der Waals surface area contributed by atoms with Crippen LogP contribution in [0, 0.1) is 5.92 Å². The standard InChI is InChI=1S/C16H24N2O/c1-12(13-6-4-3-5-7-13)10-11-18-15(19)16(2,17)14-8-9-14/h3-7,12,14H,8-11,17H2,1-2H3,(H,18,19). The molecule has 0 aromatic heterocycles. The van der Waals surface area contributed by atoms with Gasteiger partial charge in [-0.1, -0.05) is 37.3 Å². The Balaban J connectivity index is 1.76. The average molecular weight is 260 g/mol. The number of rotatable bonds is 6. The molecule has 1 aliphatic rings. The molecule has 0 aliphatic heterocycles. The van der Waals surface area contributed by atoms with Crippen LogP contribution in [0.2, 0.25) is 0 Å². The highest BCUT2D eigenvalue weighted by Gasteiger charge is 2.43. The third-order valence-electron chi connectivity index (χ3n) is 4.15. The van der Waals surface area contributed by atoms with Crippen molar-refractivity contribution in [1.82, 2.24) is 5.32 Å². The number of hydrogen-bond donors (Lipinski definition) is 2. The van der Waals surface area contributed by atoms with Crippen LogP contribution in [0.3, 0.4) is 0 Å². The van der Waals surface area contributed by atoms with E-state index in [0.29, 0.717) is 18.4 Å². The maximum Gasteiger partial charge on any atom is 0.240 e. The molecule has 1 aliphatic carbocycles. The molecular weight excluding hydrogens is 236 g/mol. The predicted octanol–water partition coefficient (Wildman–Crippen LogP) is 2.42. The lowest BCUT2D eigenvalue weighted by molar-refractivity contribution is -0.126. The molecule has 1 aromatic rings. The van der Waals surface area contributed by atoms with Gasteiger partial charge in [0, 0.05) is 6.54 Å². The summed E-state index contributed by atoms with van der Waals surface area (Å²) in [5.41, 5.74) is 6.71. The third-order valence-corrected chi connectivity index (χ3v) is 4.15. The van der Waals surface area contributed by atoms with E-state index in [1.54, 1.807) is 0 Å². The number of nitrogens with one attached hydrogen (secondary N) is 1. The van der Waals surface area contributed by atoms with Gasteiger partial charge in [0.2, 0.25) is 5.91 Å². The zero-order valence-electron chi connectivity index (χ0n) is 11.9. The molecule has 0 bridgehead atoms. The summed E-state index contributed by atoms with van der Waals surface area (Å²) in [5.74, 6) is 0.820. The first-order valence-corrected chi connectivity index (χ1v) is 7.14. The molecular formula is C16H24N2O. The van der Waals surface area contributed by atoms with Gasteiger partial charge in [0.1, 0.15) is 0 Å². The summed E-state index contributed by atoms with van der Waals surface area (Å²) in [7, 11) is 0. The maximum absolute atomic E-state index is 12.0. The normalized spacial score (nSPS) is 19.5. The van der Waals surface area contributed by atoms with E-state index in [1.807, 2.05) is 13.0 Å². The fourth-order valence-electron chi connectivity index (χ4n) is 2.41. The van der Waals surface area contributed by atoms with Crippen molar-refractivity contribution < 1.29 is 4.79 Å². The van der Waals surface area contributed by atoms with Crippen LogP contribution in [-0.4, -0.2) is 18.0 Å². The Morgan fingerprint density at radius 3 is 2.63 bits per heavy atom. The fraction of sp³-hybridized carbons (Fsp3) is 0.562. The van der Waals surface area contributed by atoms with Crippen molar-refractivity contribution in [3.05, 3.63) is 35.9 Å². The first-order chi connectivity index (χ1) is 9.01. The lowest BCUT2D eigenvalue weighted by Crippen LogP contribution is -2.53. The van der Waals surface area contributed by atoms with Crippen molar-refractivity contribution in [2.75, 3.05) is 6.54 Å². The molecule has 2 atom stereocenters. The smallest absolute Gasteiger partial charge is 0.240 e. The molecule has 0 saturated heterocycles. The van der Waals surface area contributed by atoms with Crippen LogP contribution in [0.15, 0.2) is 30.3 Å². The molecule has 1 saturated carbocycles. The zero-order chi connectivity index (χ0) is 13.9. The van der Waals surface area contributed by atoms with E-state index in [0.717, 1.165) is 19.3 Å². The van der Waals surface area contributed by atoms with Gasteiger partial charge in [0.25, 0.3) is 0 Å². The maximum atomic E-state index is 12.0. The molecule has 0 spiro atoms. The van der Waals surface area contributed by atoms with Crippen LogP contribution in [0.4, 0.5) is 0 Å². The lowest BCUT2D eigenvalue weighted by atomic mass is 9.95. The molecule has 104 valence electrons. The number of carbonyl (C=O) groups excluding carboxylic acids is 1. The van der Waals surface area contributed by atoms with Crippen molar-refractivity contribution in [2.45, 2.75) is 44.6 Å². The molecule has 3 nitrogen and oxygen atoms in total. The number of benzene rings is 1. The summed E-state index contributed by atoms with van der Waals surface area (Å²) in [6.45, 7) is 4.72. The Morgan fingerprint density at radius 2 is 2.05 bits per heavy atom. The van der Waals surface area contributed by atoms with Gasteiger partial charge in [0.05, 0.1) is 5.54 Å². The van der Waals surface area contributed by atoms with E-state index in [2.05, 4.69) is 36.5 Å². The largest absolute Gasteiger partial charge is 0.354 e. The monoisotopic (exact) mass is 260 g/mol. The Kier molecular flexibility index (Phi) is 4.25. The average Bonchev–Trinajstić information content (AvgIpc) is 3.24. The minimum atomic E-state index is -0.685. The SMILES string of the molecule is CC(CCNC(=O)C(C)(N)C1CC1)c1ccccc1. The Bertz CT molecular complexity index is 424. The van der Waals surface area contributed by atoms with Crippen molar-refractivity contribution in [3.63, 3.8) is 0 Å². The summed E-state index contributed by atoms with van der Waals surface area (Å²) in [6.07, 6.45) is 3.11. The Morgan fingerprint density at radius 1 is 1.42 bits per heavy atom. The van der Waals surface area contributed by atoms with Crippen molar-refractivity contribution in [3.8, 4) is 0 Å². The van der Waals surface area contributed by atoms with Gasteiger partial charge in [-0.05, 0) is 43.6 Å². The summed E-state index contributed by atoms with van der Waals surface area (Å²) < 4.78 is 0. The first kappa shape index (κ1) is 14.1. The number of nitrogens with two attached hydrogens (primary N) is 1. The van der Waals surface area contributed by atoms with E-state index in [-0.39, 0.29) is 5.91 Å². The highest BCUT2D eigenvalue weighted by molar-refractivity contribution is 5.86. The Hall–Kier alpha value is -1.35. The van der Waals surface area contributed by atoms with Gasteiger partial charge >= 0.3 is 0 Å². The zero-order valence-corrected chi connectivity index (χ0v) is 11.9. The third kappa shape index (κ3) is 3.57. The fourth-order valence-corrected chi connectivity index (χ4v) is 2.41. The van der Waals surface area contributed by atoms with E-state index in [1.165, 1.54) is 5.56 Å². The highest BCUT2D eigenvalue weighted by Crippen LogP contribution is 2.38. The van der Waals surface area contributed by atoms with E-state index >= 15 is 0 Å². The van der Waals surface area contributed by atoms with E-state index in [4.69, 9.17) is 5.73 Å². The first-order valence-electron chi connectivity index (χ1n) is 7.14. The summed E-state index contributed by atoms with van der Waals surface area (Å²) in [4.78, 5) is 12.0. The molecule has 1 fully saturated rings. The van der Waals surface area contributed by atoms with E-state index < -0.39 is 5.54 Å². The molecule has 0 radical (unpaired) electrons. The molecule has 1 amide bonds. The molecule has 0 heterocycles. The van der Waals surface area contributed by atoms with Crippen LogP contribution in [0.25, 0.3) is 0 Å². The number of carbonyl (C=O) groups is 1. The minimum absolute atomic E-state index is 0.00439. The second kappa shape index (κ2) is 5.74. The molecule has 3 N–H and O–H groups in total. The lowest BCUT2D eigenvalue weighted by Gasteiger charge is -2.23. The second-order valence-electron chi connectivity index (χ2n) is 5.91. The Labute approximate surface area is 115 Å². The summed E-state index contributed by atoms with van der Waals surface area (Å²) in [5, 5.41) is 2.98. The van der Waals surface area contributed by atoms with Crippen LogP contribution in [0.1, 0.15) is 44.6 Å². The van der Waals surface area contributed by atoms with Crippen LogP contribution in [0.5, 0.6) is 0 Å². The molecule has 19 heavy (non-hydrogen) atoms. The van der Waals surface area contributed by atoms with Gasteiger partial charge in [0.15, 0.2) is 0 Å². The molecule has 3 heteroatoms. The molecule has 2 rings (SSSR count). The molecule has 2 unspecified atom stereocenters. The summed E-state index contributed by atoms with van der Waals surface area (Å²) in [6, 6.07) is 10.4. The number of amides is 1.